The molecule has 0 atom stereocenters. The first-order valence-corrected chi connectivity index (χ1v) is 7.13. The lowest BCUT2D eigenvalue weighted by Gasteiger charge is -2.14. The van der Waals surface area contributed by atoms with E-state index in [1.165, 1.54) is 0 Å². The van der Waals surface area contributed by atoms with Crippen molar-refractivity contribution in [3.63, 3.8) is 0 Å². The van der Waals surface area contributed by atoms with Gasteiger partial charge in [0.2, 0.25) is 0 Å². The van der Waals surface area contributed by atoms with Crippen molar-refractivity contribution in [1.82, 2.24) is 4.98 Å². The molecule has 21 heavy (non-hydrogen) atoms. The molecule has 3 heteroatoms. The molecule has 0 aliphatic carbocycles. The Balaban J connectivity index is 2.06. The summed E-state index contributed by atoms with van der Waals surface area (Å²) in [5.74, 6) is 0.860. The lowest BCUT2D eigenvalue weighted by Crippen LogP contribution is -1.99. The number of anilines is 2. The second kappa shape index (κ2) is 5.83. The van der Waals surface area contributed by atoms with Gasteiger partial charge in [0, 0.05) is 16.8 Å². The third-order valence-electron chi connectivity index (χ3n) is 3.30. The summed E-state index contributed by atoms with van der Waals surface area (Å²) in [6.45, 7) is 4.64. The van der Waals surface area contributed by atoms with Crippen LogP contribution in [-0.2, 0) is 0 Å². The summed E-state index contributed by atoms with van der Waals surface area (Å²) in [5.41, 5.74) is 4.00. The Labute approximate surface area is 124 Å². The van der Waals surface area contributed by atoms with Gasteiger partial charge in [-0.3, -0.25) is 4.98 Å². The number of para-hydroxylation sites is 3. The van der Waals surface area contributed by atoms with E-state index in [1.54, 1.807) is 0 Å². The van der Waals surface area contributed by atoms with E-state index in [0.717, 1.165) is 33.7 Å². The van der Waals surface area contributed by atoms with Crippen LogP contribution in [0.15, 0.2) is 54.6 Å². The largest absolute Gasteiger partial charge is 0.492 e. The summed E-state index contributed by atoms with van der Waals surface area (Å²) in [4.78, 5) is 4.57. The monoisotopic (exact) mass is 278 g/mol. The number of aromatic nitrogens is 1. The molecule has 0 fully saturated rings. The Kier molecular flexibility index (Phi) is 3.73. The number of fused-ring (bicyclic) bond motifs is 1. The van der Waals surface area contributed by atoms with Crippen LogP contribution in [0.5, 0.6) is 5.75 Å². The van der Waals surface area contributed by atoms with Crippen molar-refractivity contribution in [3.05, 3.63) is 60.3 Å². The van der Waals surface area contributed by atoms with Crippen molar-refractivity contribution < 1.29 is 4.74 Å². The van der Waals surface area contributed by atoms with Gasteiger partial charge in [-0.25, -0.2) is 0 Å². The van der Waals surface area contributed by atoms with Crippen LogP contribution in [0.1, 0.15) is 12.6 Å². The molecule has 0 radical (unpaired) electrons. The third kappa shape index (κ3) is 2.82. The van der Waals surface area contributed by atoms with E-state index in [4.69, 9.17) is 4.74 Å². The zero-order chi connectivity index (χ0) is 14.7. The molecule has 0 unspecified atom stereocenters. The second-order valence-electron chi connectivity index (χ2n) is 4.88. The lowest BCUT2D eigenvalue weighted by molar-refractivity contribution is 0.342. The van der Waals surface area contributed by atoms with Crippen LogP contribution in [0, 0.1) is 6.92 Å². The molecule has 0 bridgehead atoms. The van der Waals surface area contributed by atoms with Crippen molar-refractivity contribution in [1.29, 1.82) is 0 Å². The summed E-state index contributed by atoms with van der Waals surface area (Å²) in [6, 6.07) is 18.2. The van der Waals surface area contributed by atoms with Gasteiger partial charge in [0.15, 0.2) is 0 Å². The van der Waals surface area contributed by atoms with Crippen LogP contribution in [0.2, 0.25) is 0 Å². The van der Waals surface area contributed by atoms with E-state index in [1.807, 2.05) is 56.3 Å². The number of hydrogen-bond acceptors (Lipinski definition) is 3. The van der Waals surface area contributed by atoms with E-state index in [9.17, 15) is 0 Å². The fourth-order valence-electron chi connectivity index (χ4n) is 2.41. The molecule has 2 aromatic carbocycles. The minimum absolute atomic E-state index is 0.648. The highest BCUT2D eigenvalue weighted by atomic mass is 16.5. The number of rotatable bonds is 4. The molecule has 1 heterocycles. The first-order valence-electron chi connectivity index (χ1n) is 7.13. The van der Waals surface area contributed by atoms with Gasteiger partial charge in [-0.15, -0.1) is 0 Å². The summed E-state index contributed by atoms with van der Waals surface area (Å²) in [6.07, 6.45) is 0. The van der Waals surface area contributed by atoms with Crippen LogP contribution < -0.4 is 10.1 Å². The topological polar surface area (TPSA) is 34.1 Å². The smallest absolute Gasteiger partial charge is 0.142 e. The molecular formula is C18H18N2O. The fraction of sp³-hybridized carbons (Fsp3) is 0.167. The maximum atomic E-state index is 5.67. The number of ether oxygens (including phenoxy) is 1. The summed E-state index contributed by atoms with van der Waals surface area (Å²) in [5, 5.41) is 4.58. The molecule has 0 saturated carbocycles. The number of pyridine rings is 1. The Bertz CT molecular complexity index is 768. The maximum Gasteiger partial charge on any atom is 0.142 e. The molecule has 3 aromatic rings. The van der Waals surface area contributed by atoms with Gasteiger partial charge in [-0.05, 0) is 38.1 Å². The second-order valence-corrected chi connectivity index (χ2v) is 4.88. The first-order chi connectivity index (χ1) is 10.3. The van der Waals surface area contributed by atoms with E-state index < -0.39 is 0 Å². The first kappa shape index (κ1) is 13.4. The van der Waals surface area contributed by atoms with Crippen molar-refractivity contribution in [2.45, 2.75) is 13.8 Å². The van der Waals surface area contributed by atoms with Crippen LogP contribution in [0.4, 0.5) is 11.4 Å². The number of nitrogens with one attached hydrogen (secondary N) is 1. The quantitative estimate of drug-likeness (QED) is 0.752. The molecule has 3 rings (SSSR count). The third-order valence-corrected chi connectivity index (χ3v) is 3.30. The van der Waals surface area contributed by atoms with E-state index in [0.29, 0.717) is 6.61 Å². The molecule has 0 aliphatic rings. The zero-order valence-electron chi connectivity index (χ0n) is 12.3. The number of aryl methyl sites for hydroxylation is 1. The molecule has 1 aromatic heterocycles. The zero-order valence-corrected chi connectivity index (χ0v) is 12.3. The van der Waals surface area contributed by atoms with Gasteiger partial charge in [-0.1, -0.05) is 30.3 Å². The predicted molar refractivity (Wildman–Crippen MR) is 87.4 cm³/mol. The SMILES string of the molecule is CCOc1ccccc1Nc1cc(C)nc2ccccc12. The van der Waals surface area contributed by atoms with E-state index in [2.05, 4.69) is 22.4 Å². The Morgan fingerprint density at radius 1 is 1.00 bits per heavy atom. The van der Waals surface area contributed by atoms with Crippen molar-refractivity contribution in [2.24, 2.45) is 0 Å². The lowest BCUT2D eigenvalue weighted by atomic mass is 10.1. The molecular weight excluding hydrogens is 260 g/mol. The summed E-state index contributed by atoms with van der Waals surface area (Å²) < 4.78 is 5.67. The Morgan fingerprint density at radius 3 is 2.62 bits per heavy atom. The van der Waals surface area contributed by atoms with Gasteiger partial charge < -0.3 is 10.1 Å². The standard InChI is InChI=1S/C18H18N2O/c1-3-21-18-11-7-6-10-16(18)20-17-12-13(2)19-15-9-5-4-8-14(15)17/h4-12H,3H2,1-2H3,(H,19,20). The fourth-order valence-corrected chi connectivity index (χ4v) is 2.41. The van der Waals surface area contributed by atoms with Gasteiger partial charge in [-0.2, -0.15) is 0 Å². The molecule has 0 spiro atoms. The number of benzene rings is 2. The molecule has 106 valence electrons. The Hall–Kier alpha value is -2.55. The van der Waals surface area contributed by atoms with Gasteiger partial charge in [0.25, 0.3) is 0 Å². The van der Waals surface area contributed by atoms with Crippen LogP contribution >= 0.6 is 0 Å². The Morgan fingerprint density at radius 2 is 1.76 bits per heavy atom. The molecule has 0 aliphatic heterocycles. The highest BCUT2D eigenvalue weighted by molar-refractivity contribution is 5.93. The van der Waals surface area contributed by atoms with Crippen molar-refractivity contribution in [2.75, 3.05) is 11.9 Å². The van der Waals surface area contributed by atoms with E-state index >= 15 is 0 Å². The highest BCUT2D eigenvalue weighted by Gasteiger charge is 2.07. The number of nitrogens with zero attached hydrogens (tertiary/aromatic N) is 1. The minimum atomic E-state index is 0.648. The average Bonchev–Trinajstić information content (AvgIpc) is 2.49. The minimum Gasteiger partial charge on any atom is -0.492 e. The summed E-state index contributed by atoms with van der Waals surface area (Å²) in [7, 11) is 0. The normalized spacial score (nSPS) is 10.6. The summed E-state index contributed by atoms with van der Waals surface area (Å²) >= 11 is 0. The average molecular weight is 278 g/mol. The highest BCUT2D eigenvalue weighted by Crippen LogP contribution is 2.31. The van der Waals surface area contributed by atoms with Crippen molar-refractivity contribution in [3.8, 4) is 5.75 Å². The van der Waals surface area contributed by atoms with Gasteiger partial charge in [0.1, 0.15) is 5.75 Å². The molecule has 1 N–H and O–H groups in total. The number of hydrogen-bond donors (Lipinski definition) is 1. The molecule has 0 saturated heterocycles. The molecule has 3 nitrogen and oxygen atoms in total. The molecule has 0 amide bonds. The van der Waals surface area contributed by atoms with Crippen LogP contribution in [0.25, 0.3) is 10.9 Å². The van der Waals surface area contributed by atoms with Gasteiger partial charge >= 0.3 is 0 Å². The van der Waals surface area contributed by atoms with Crippen molar-refractivity contribution >= 4 is 22.3 Å². The van der Waals surface area contributed by atoms with Crippen LogP contribution in [0.3, 0.4) is 0 Å². The van der Waals surface area contributed by atoms with Gasteiger partial charge in [0.05, 0.1) is 17.8 Å². The predicted octanol–water partition coefficient (Wildman–Crippen LogP) is 4.69. The maximum absolute atomic E-state index is 5.67. The van der Waals surface area contributed by atoms with Crippen LogP contribution in [-0.4, -0.2) is 11.6 Å². The van der Waals surface area contributed by atoms with E-state index in [-0.39, 0.29) is 0 Å².